The first kappa shape index (κ1) is 8.34. The van der Waals surface area contributed by atoms with Crippen LogP contribution < -0.4 is 0 Å². The predicted octanol–water partition coefficient (Wildman–Crippen LogP) is 1.56. The first-order valence-electron chi connectivity index (χ1n) is 3.32. The van der Waals surface area contributed by atoms with Gasteiger partial charge < -0.3 is 0 Å². The fourth-order valence-corrected chi connectivity index (χ4v) is 0.514. The van der Waals surface area contributed by atoms with E-state index in [1.54, 1.807) is 0 Å². The van der Waals surface area contributed by atoms with Gasteiger partial charge in [-0.3, -0.25) is 9.98 Å². The van der Waals surface area contributed by atoms with Crippen LogP contribution in [0.1, 0.15) is 20.8 Å². The molecule has 0 aliphatic heterocycles. The van der Waals surface area contributed by atoms with Gasteiger partial charge in [0.25, 0.3) is 0 Å². The molecule has 0 atom stereocenters. The van der Waals surface area contributed by atoms with Crippen LogP contribution in [-0.4, -0.2) is 25.0 Å². The largest absolute Gasteiger partial charge is 0.292 e. The maximum Gasteiger partial charge on any atom is 0.0495 e. The molecule has 0 aromatic carbocycles. The van der Waals surface area contributed by atoms with Crippen LogP contribution >= 0.6 is 0 Å². The molecule has 0 aromatic heterocycles. The fourth-order valence-electron chi connectivity index (χ4n) is 0.514. The normalized spacial score (nSPS) is 13.0. The van der Waals surface area contributed by atoms with Crippen LogP contribution in [0.2, 0.25) is 0 Å². The van der Waals surface area contributed by atoms with Crippen molar-refractivity contribution in [3.63, 3.8) is 0 Å². The molecule has 0 spiro atoms. The van der Waals surface area contributed by atoms with Crippen molar-refractivity contribution in [3.8, 4) is 0 Å². The maximum absolute atomic E-state index is 4.13. The van der Waals surface area contributed by atoms with Gasteiger partial charge in [-0.2, -0.15) is 0 Å². The van der Waals surface area contributed by atoms with Crippen LogP contribution in [0.4, 0.5) is 0 Å². The van der Waals surface area contributed by atoms with Crippen LogP contribution in [0.25, 0.3) is 0 Å². The van der Waals surface area contributed by atoms with Gasteiger partial charge in [0.2, 0.25) is 0 Å². The molecule has 0 unspecified atom stereocenters. The smallest absolute Gasteiger partial charge is 0.0495 e. The fraction of sp³-hybridized carbons (Fsp3) is 0.714. The van der Waals surface area contributed by atoms with Crippen molar-refractivity contribution in [1.82, 2.24) is 0 Å². The van der Waals surface area contributed by atoms with Crippen LogP contribution in [0.5, 0.6) is 0 Å². The minimum atomic E-state index is 0.844. The average molecular weight is 126 g/mol. The summed E-state index contributed by atoms with van der Waals surface area (Å²) in [4.78, 5) is 8.16. The molecule has 52 valence electrons. The molecule has 0 N–H and O–H groups in total. The Hall–Kier alpha value is -0.660. The van der Waals surface area contributed by atoms with Gasteiger partial charge in [-0.1, -0.05) is 0 Å². The summed E-state index contributed by atoms with van der Waals surface area (Å²) in [7, 11) is 0. The number of nitrogens with zero attached hydrogens (tertiary/aromatic N) is 2. The summed E-state index contributed by atoms with van der Waals surface area (Å²) in [6, 6.07) is 0. The highest BCUT2D eigenvalue weighted by Gasteiger charge is 1.78. The molecule has 0 saturated heterocycles. The summed E-state index contributed by atoms with van der Waals surface area (Å²) >= 11 is 0. The highest BCUT2D eigenvalue weighted by atomic mass is 14.8. The van der Waals surface area contributed by atoms with Gasteiger partial charge in [0.05, 0.1) is 0 Å². The molecule has 0 radical (unpaired) electrons. The van der Waals surface area contributed by atoms with E-state index >= 15 is 0 Å². The maximum atomic E-state index is 4.13. The third-order valence-corrected chi connectivity index (χ3v) is 0.868. The predicted molar refractivity (Wildman–Crippen MR) is 42.7 cm³/mol. The lowest BCUT2D eigenvalue weighted by atomic mass is 10.4. The molecule has 0 bridgehead atoms. The lowest BCUT2D eigenvalue weighted by molar-refractivity contribution is 1.12. The minimum absolute atomic E-state index is 0.844. The summed E-state index contributed by atoms with van der Waals surface area (Å²) < 4.78 is 0. The van der Waals surface area contributed by atoms with Gasteiger partial charge in [0.1, 0.15) is 0 Å². The molecule has 0 aromatic rings. The van der Waals surface area contributed by atoms with Crippen LogP contribution in [0.3, 0.4) is 0 Å². The van der Waals surface area contributed by atoms with E-state index in [4.69, 9.17) is 0 Å². The van der Waals surface area contributed by atoms with E-state index in [-0.39, 0.29) is 0 Å². The zero-order valence-corrected chi connectivity index (χ0v) is 6.39. The third kappa shape index (κ3) is 5.21. The topological polar surface area (TPSA) is 24.7 Å². The molecule has 0 saturated carbocycles. The van der Waals surface area contributed by atoms with E-state index in [0.717, 1.165) is 18.8 Å². The first-order chi connectivity index (χ1) is 4.31. The first-order valence-corrected chi connectivity index (χ1v) is 3.32. The van der Waals surface area contributed by atoms with Gasteiger partial charge in [0, 0.05) is 25.0 Å². The molecule has 0 rings (SSSR count). The lowest BCUT2D eigenvalue weighted by Gasteiger charge is -1.86. The van der Waals surface area contributed by atoms with E-state index in [2.05, 4.69) is 9.98 Å². The second kappa shape index (κ2) is 5.48. The van der Waals surface area contributed by atoms with Crippen molar-refractivity contribution >= 4 is 11.9 Å². The zero-order chi connectivity index (χ0) is 7.11. The molecule has 0 aliphatic carbocycles. The van der Waals surface area contributed by atoms with Crippen molar-refractivity contribution in [2.45, 2.75) is 20.8 Å². The Labute approximate surface area is 56.7 Å². The van der Waals surface area contributed by atoms with Crippen LogP contribution in [0.15, 0.2) is 9.98 Å². The summed E-state index contributed by atoms with van der Waals surface area (Å²) in [5.41, 5.74) is 1.01. The molecule has 0 aliphatic rings. The Balaban J connectivity index is 3.60. The van der Waals surface area contributed by atoms with Gasteiger partial charge >= 0.3 is 0 Å². The van der Waals surface area contributed by atoms with Crippen molar-refractivity contribution in [2.24, 2.45) is 9.98 Å². The van der Waals surface area contributed by atoms with Crippen LogP contribution in [-0.2, 0) is 0 Å². The summed E-state index contributed by atoms with van der Waals surface area (Å²) in [6.45, 7) is 7.68. The zero-order valence-electron chi connectivity index (χ0n) is 6.39. The Morgan fingerprint density at radius 3 is 2.44 bits per heavy atom. The second-order valence-corrected chi connectivity index (χ2v) is 1.74. The standard InChI is InChI=1S/C7H14N2/c1-4-8-6-7(3)9-5-2/h6H,4-5H2,1-3H3. The highest BCUT2D eigenvalue weighted by Crippen LogP contribution is 1.73. The summed E-state index contributed by atoms with van der Waals surface area (Å²) in [6.07, 6.45) is 1.81. The molecular formula is C7H14N2. The van der Waals surface area contributed by atoms with E-state index in [0.29, 0.717) is 0 Å². The monoisotopic (exact) mass is 126 g/mol. The molecule has 9 heavy (non-hydrogen) atoms. The Bertz CT molecular complexity index is 114. The Kier molecular flexibility index (Phi) is 5.07. The average Bonchev–Trinajstić information content (AvgIpc) is 1.85. The molecule has 0 heterocycles. The molecule has 2 heteroatoms. The van der Waals surface area contributed by atoms with E-state index in [1.165, 1.54) is 0 Å². The summed E-state index contributed by atoms with van der Waals surface area (Å²) in [5, 5.41) is 0. The van der Waals surface area contributed by atoms with E-state index in [9.17, 15) is 0 Å². The van der Waals surface area contributed by atoms with Gasteiger partial charge in [-0.05, 0) is 20.8 Å². The second-order valence-electron chi connectivity index (χ2n) is 1.74. The molecule has 0 fully saturated rings. The van der Waals surface area contributed by atoms with Gasteiger partial charge in [-0.25, -0.2) is 0 Å². The van der Waals surface area contributed by atoms with Crippen molar-refractivity contribution in [3.05, 3.63) is 0 Å². The van der Waals surface area contributed by atoms with Gasteiger partial charge in [-0.15, -0.1) is 0 Å². The number of hydrogen-bond acceptors (Lipinski definition) is 2. The van der Waals surface area contributed by atoms with Crippen molar-refractivity contribution in [1.29, 1.82) is 0 Å². The van der Waals surface area contributed by atoms with E-state index < -0.39 is 0 Å². The Morgan fingerprint density at radius 1 is 1.33 bits per heavy atom. The lowest BCUT2D eigenvalue weighted by Crippen LogP contribution is -1.93. The summed E-state index contributed by atoms with van der Waals surface area (Å²) in [5.74, 6) is 0. The van der Waals surface area contributed by atoms with Crippen LogP contribution in [0, 0.1) is 0 Å². The van der Waals surface area contributed by atoms with Gasteiger partial charge in [0.15, 0.2) is 0 Å². The molecular weight excluding hydrogens is 112 g/mol. The third-order valence-electron chi connectivity index (χ3n) is 0.868. The Morgan fingerprint density at radius 2 is 2.00 bits per heavy atom. The molecule has 0 amide bonds. The number of hydrogen-bond donors (Lipinski definition) is 0. The SMILES string of the molecule is CCN=CC(C)=NCC. The number of rotatable bonds is 3. The quantitative estimate of drug-likeness (QED) is 0.513. The van der Waals surface area contributed by atoms with E-state index in [1.807, 2.05) is 27.0 Å². The van der Waals surface area contributed by atoms with Crippen molar-refractivity contribution in [2.75, 3.05) is 13.1 Å². The highest BCUT2D eigenvalue weighted by molar-refractivity contribution is 6.29. The van der Waals surface area contributed by atoms with Crippen molar-refractivity contribution < 1.29 is 0 Å². The molecule has 2 nitrogen and oxygen atoms in total. The minimum Gasteiger partial charge on any atom is -0.292 e. The number of aliphatic imine (C=N–C) groups is 2.